The average Bonchev–Trinajstić information content (AvgIpc) is 2.69. The monoisotopic (exact) mass is 401 g/mol. The van der Waals surface area contributed by atoms with E-state index in [1.165, 1.54) is 4.31 Å². The Morgan fingerprint density at radius 2 is 1.67 bits per heavy atom. The molecule has 1 saturated heterocycles. The maximum Gasteiger partial charge on any atom is 0.244 e. The van der Waals surface area contributed by atoms with E-state index in [0.29, 0.717) is 26.2 Å². The Morgan fingerprint density at radius 3 is 2.44 bits per heavy atom. The van der Waals surface area contributed by atoms with Crippen molar-refractivity contribution in [2.24, 2.45) is 0 Å². The second-order valence-electron chi connectivity index (χ2n) is 6.60. The molecule has 0 aliphatic carbocycles. The number of nitrogens with zero attached hydrogens (tertiary/aromatic N) is 3. The first-order valence-electron chi connectivity index (χ1n) is 8.85. The third-order valence-electron chi connectivity index (χ3n) is 4.90. The average molecular weight is 402 g/mol. The van der Waals surface area contributed by atoms with Crippen LogP contribution in [0.5, 0.6) is 0 Å². The maximum absolute atomic E-state index is 12.9. The fourth-order valence-electron chi connectivity index (χ4n) is 3.46. The topological polar surface area (TPSA) is 53.5 Å². The van der Waals surface area contributed by atoms with Crippen LogP contribution in [0.15, 0.2) is 65.7 Å². The molecule has 1 aliphatic rings. The van der Waals surface area contributed by atoms with Gasteiger partial charge < -0.3 is 0 Å². The molecule has 7 heteroatoms. The molecule has 0 atom stereocenters. The summed E-state index contributed by atoms with van der Waals surface area (Å²) in [4.78, 5) is 6.95. The van der Waals surface area contributed by atoms with Gasteiger partial charge in [-0.05, 0) is 23.8 Å². The Hall–Kier alpha value is -1.99. The molecule has 5 nitrogen and oxygen atoms in total. The number of hydrogen-bond donors (Lipinski definition) is 0. The van der Waals surface area contributed by atoms with E-state index in [9.17, 15) is 8.42 Å². The van der Waals surface area contributed by atoms with Gasteiger partial charge in [0.2, 0.25) is 10.0 Å². The summed E-state index contributed by atoms with van der Waals surface area (Å²) in [5.41, 5.74) is 2.17. The van der Waals surface area contributed by atoms with Crippen LogP contribution < -0.4 is 0 Å². The molecule has 0 amide bonds. The van der Waals surface area contributed by atoms with Crippen molar-refractivity contribution in [2.45, 2.75) is 11.4 Å². The van der Waals surface area contributed by atoms with Crippen LogP contribution in [-0.4, -0.2) is 48.8 Å². The number of hydrogen-bond acceptors (Lipinski definition) is 4. The Morgan fingerprint density at radius 1 is 0.926 bits per heavy atom. The number of para-hydroxylation sites is 1. The largest absolute Gasteiger partial charge is 0.296 e. The Labute approximate surface area is 164 Å². The number of pyridine rings is 1. The number of fused-ring (bicyclic) bond motifs is 1. The lowest BCUT2D eigenvalue weighted by Crippen LogP contribution is -2.48. The van der Waals surface area contributed by atoms with Gasteiger partial charge in [-0.15, -0.1) is 0 Å². The molecule has 0 N–H and O–H groups in total. The fourth-order valence-corrected chi connectivity index (χ4v) is 5.37. The molecule has 140 valence electrons. The zero-order valence-corrected chi connectivity index (χ0v) is 16.3. The van der Waals surface area contributed by atoms with Crippen LogP contribution in [0.4, 0.5) is 0 Å². The standard InChI is InChI=1S/C20H20ClN3O2S/c21-18-8-1-2-9-19(18)27(25,26)24-13-11-23(12-14-24)15-17-6-3-5-16-7-4-10-22-20(16)17/h1-10H,11-15H2. The molecule has 2 aromatic carbocycles. The fraction of sp³-hybridized carbons (Fsp3) is 0.250. The minimum Gasteiger partial charge on any atom is -0.296 e. The van der Waals surface area contributed by atoms with E-state index in [1.807, 2.05) is 12.1 Å². The highest BCUT2D eigenvalue weighted by molar-refractivity contribution is 7.89. The number of rotatable bonds is 4. The smallest absolute Gasteiger partial charge is 0.244 e. The SMILES string of the molecule is O=S(=O)(c1ccccc1Cl)N1CCN(Cc2cccc3cccnc23)CC1. The van der Waals surface area contributed by atoms with E-state index in [2.05, 4.69) is 28.1 Å². The molecule has 4 rings (SSSR count). The van der Waals surface area contributed by atoms with E-state index in [-0.39, 0.29) is 9.92 Å². The molecule has 1 aliphatic heterocycles. The van der Waals surface area contributed by atoms with Gasteiger partial charge in [0.15, 0.2) is 0 Å². The number of sulfonamides is 1. The second kappa shape index (κ2) is 7.56. The van der Waals surface area contributed by atoms with Crippen LogP contribution in [0, 0.1) is 0 Å². The molecular weight excluding hydrogens is 382 g/mol. The van der Waals surface area contributed by atoms with Crippen molar-refractivity contribution in [3.8, 4) is 0 Å². The third-order valence-corrected chi connectivity index (χ3v) is 7.29. The molecule has 0 saturated carbocycles. The summed E-state index contributed by atoms with van der Waals surface area (Å²) in [5.74, 6) is 0. The van der Waals surface area contributed by atoms with Crippen molar-refractivity contribution >= 4 is 32.5 Å². The summed E-state index contributed by atoms with van der Waals surface area (Å²) in [5, 5.41) is 1.39. The van der Waals surface area contributed by atoms with Crippen molar-refractivity contribution in [1.29, 1.82) is 0 Å². The maximum atomic E-state index is 12.9. The van der Waals surface area contributed by atoms with Crippen molar-refractivity contribution in [3.63, 3.8) is 0 Å². The predicted molar refractivity (Wildman–Crippen MR) is 107 cm³/mol. The van der Waals surface area contributed by atoms with Gasteiger partial charge in [-0.1, -0.05) is 48.0 Å². The summed E-state index contributed by atoms with van der Waals surface area (Å²) in [6.45, 7) is 3.01. The lowest BCUT2D eigenvalue weighted by atomic mass is 10.1. The molecular formula is C20H20ClN3O2S. The zero-order chi connectivity index (χ0) is 18.9. The summed E-state index contributed by atoms with van der Waals surface area (Å²) in [7, 11) is -3.56. The summed E-state index contributed by atoms with van der Waals surface area (Å²) in [6.07, 6.45) is 1.81. The van der Waals surface area contributed by atoms with E-state index in [1.54, 1.807) is 30.5 Å². The third kappa shape index (κ3) is 3.71. The van der Waals surface area contributed by atoms with Gasteiger partial charge in [-0.25, -0.2) is 8.42 Å². The van der Waals surface area contributed by atoms with E-state index < -0.39 is 10.0 Å². The van der Waals surface area contributed by atoms with Gasteiger partial charge in [0.25, 0.3) is 0 Å². The molecule has 0 unspecified atom stereocenters. The lowest BCUT2D eigenvalue weighted by Gasteiger charge is -2.34. The number of halogens is 1. The molecule has 2 heterocycles. The van der Waals surface area contributed by atoms with Crippen LogP contribution in [0.1, 0.15) is 5.56 Å². The van der Waals surface area contributed by atoms with Crippen molar-refractivity contribution in [1.82, 2.24) is 14.2 Å². The first kappa shape index (κ1) is 18.4. The predicted octanol–water partition coefficient (Wildman–Crippen LogP) is 3.39. The minimum absolute atomic E-state index is 0.179. The lowest BCUT2D eigenvalue weighted by molar-refractivity contribution is 0.182. The van der Waals surface area contributed by atoms with Crippen LogP contribution in [0.25, 0.3) is 10.9 Å². The molecule has 0 spiro atoms. The summed E-state index contributed by atoms with van der Waals surface area (Å²) in [6, 6.07) is 16.8. The Kier molecular flexibility index (Phi) is 5.14. The molecule has 1 aromatic heterocycles. The van der Waals surface area contributed by atoms with Gasteiger partial charge >= 0.3 is 0 Å². The van der Waals surface area contributed by atoms with Crippen LogP contribution in [0.2, 0.25) is 5.02 Å². The van der Waals surface area contributed by atoms with Gasteiger partial charge in [0.1, 0.15) is 4.90 Å². The molecule has 1 fully saturated rings. The van der Waals surface area contributed by atoms with Crippen molar-refractivity contribution in [3.05, 3.63) is 71.4 Å². The second-order valence-corrected chi connectivity index (χ2v) is 8.92. The number of aromatic nitrogens is 1. The molecule has 3 aromatic rings. The van der Waals surface area contributed by atoms with E-state index in [0.717, 1.165) is 23.0 Å². The Balaban J connectivity index is 1.47. The van der Waals surface area contributed by atoms with Crippen LogP contribution in [0.3, 0.4) is 0 Å². The van der Waals surface area contributed by atoms with Gasteiger partial charge in [0.05, 0.1) is 10.5 Å². The van der Waals surface area contributed by atoms with Gasteiger partial charge in [-0.2, -0.15) is 4.31 Å². The zero-order valence-electron chi connectivity index (χ0n) is 14.8. The Bertz CT molecular complexity index is 1060. The highest BCUT2D eigenvalue weighted by Crippen LogP contribution is 2.25. The highest BCUT2D eigenvalue weighted by atomic mass is 35.5. The minimum atomic E-state index is -3.56. The number of benzene rings is 2. The van der Waals surface area contributed by atoms with Gasteiger partial charge in [-0.3, -0.25) is 9.88 Å². The first-order chi connectivity index (χ1) is 13.1. The van der Waals surface area contributed by atoms with Crippen molar-refractivity contribution < 1.29 is 8.42 Å². The first-order valence-corrected chi connectivity index (χ1v) is 10.7. The molecule has 0 radical (unpaired) electrons. The van der Waals surface area contributed by atoms with E-state index >= 15 is 0 Å². The normalized spacial score (nSPS) is 16.6. The molecule has 27 heavy (non-hydrogen) atoms. The number of piperazine rings is 1. The van der Waals surface area contributed by atoms with Gasteiger partial charge in [0, 0.05) is 44.3 Å². The molecule has 0 bridgehead atoms. The summed E-state index contributed by atoms with van der Waals surface area (Å²) >= 11 is 6.10. The highest BCUT2D eigenvalue weighted by Gasteiger charge is 2.30. The van der Waals surface area contributed by atoms with E-state index in [4.69, 9.17) is 11.6 Å². The van der Waals surface area contributed by atoms with Crippen LogP contribution >= 0.6 is 11.6 Å². The van der Waals surface area contributed by atoms with Crippen LogP contribution in [-0.2, 0) is 16.6 Å². The van der Waals surface area contributed by atoms with Crippen molar-refractivity contribution in [2.75, 3.05) is 26.2 Å². The summed E-state index contributed by atoms with van der Waals surface area (Å²) < 4.78 is 27.2. The quantitative estimate of drug-likeness (QED) is 0.672.